The molecule has 2 aromatic carbocycles. The van der Waals surface area contributed by atoms with Gasteiger partial charge in [-0.25, -0.2) is 0 Å². The van der Waals surface area contributed by atoms with Gasteiger partial charge in [0.2, 0.25) is 0 Å². The zero-order valence-electron chi connectivity index (χ0n) is 12.2. The molecule has 3 heteroatoms. The number of carbonyl (C=O) groups excluding carboxylic acids is 1. The van der Waals surface area contributed by atoms with Crippen LogP contribution in [-0.2, 0) is 10.5 Å². The van der Waals surface area contributed by atoms with Crippen LogP contribution in [0.5, 0.6) is 0 Å². The van der Waals surface area contributed by atoms with E-state index < -0.39 is 5.72 Å². The van der Waals surface area contributed by atoms with Crippen molar-refractivity contribution in [3.8, 4) is 0 Å². The molecule has 0 aliphatic carbocycles. The summed E-state index contributed by atoms with van der Waals surface area (Å²) >= 11 is 0. The summed E-state index contributed by atoms with van der Waals surface area (Å²) in [6, 6.07) is 17.8. The van der Waals surface area contributed by atoms with Gasteiger partial charge in [-0.2, -0.15) is 0 Å². The van der Waals surface area contributed by atoms with Gasteiger partial charge in [0.1, 0.15) is 0 Å². The normalized spacial score (nSPS) is 23.6. The number of rotatable bonds is 2. The van der Waals surface area contributed by atoms with Gasteiger partial charge in [0.25, 0.3) is 5.91 Å². The van der Waals surface area contributed by atoms with Crippen molar-refractivity contribution in [3.63, 3.8) is 0 Å². The van der Waals surface area contributed by atoms with E-state index in [0.29, 0.717) is 6.61 Å². The zero-order chi connectivity index (χ0) is 15.0. The second-order valence-corrected chi connectivity index (χ2v) is 5.64. The lowest BCUT2D eigenvalue weighted by atomic mass is 9.98. The fraction of sp³-hybridized carbons (Fsp3) is 0.211. The highest BCUT2D eigenvalue weighted by Gasteiger charge is 2.50. The minimum Gasteiger partial charge on any atom is -0.347 e. The van der Waals surface area contributed by atoms with Crippen molar-refractivity contribution >= 4 is 12.0 Å². The quantitative estimate of drug-likeness (QED) is 0.848. The highest BCUT2D eigenvalue weighted by atomic mass is 16.5. The van der Waals surface area contributed by atoms with Crippen LogP contribution in [0.4, 0.5) is 0 Å². The highest BCUT2D eigenvalue weighted by molar-refractivity contribution is 6.00. The van der Waals surface area contributed by atoms with E-state index in [1.54, 1.807) is 0 Å². The van der Waals surface area contributed by atoms with Crippen LogP contribution in [0, 0.1) is 0 Å². The van der Waals surface area contributed by atoms with Gasteiger partial charge < -0.3 is 9.64 Å². The van der Waals surface area contributed by atoms with Crippen LogP contribution in [0.25, 0.3) is 6.08 Å². The molecule has 1 fully saturated rings. The van der Waals surface area contributed by atoms with Gasteiger partial charge in [0.05, 0.1) is 6.61 Å². The molecule has 110 valence electrons. The molecule has 3 nitrogen and oxygen atoms in total. The third-order valence-electron chi connectivity index (χ3n) is 4.34. The Morgan fingerprint density at radius 3 is 2.68 bits per heavy atom. The van der Waals surface area contributed by atoms with Crippen LogP contribution in [0.3, 0.4) is 0 Å². The predicted molar refractivity (Wildman–Crippen MR) is 85.2 cm³/mol. The molecule has 0 aromatic heterocycles. The lowest BCUT2D eigenvalue weighted by molar-refractivity contribution is -0.131. The van der Waals surface area contributed by atoms with Crippen LogP contribution in [-0.4, -0.2) is 24.0 Å². The first-order chi connectivity index (χ1) is 10.8. The van der Waals surface area contributed by atoms with Gasteiger partial charge in [-0.15, -0.1) is 0 Å². The maximum absolute atomic E-state index is 12.7. The predicted octanol–water partition coefficient (Wildman–Crippen LogP) is 3.43. The molecule has 2 aromatic rings. The van der Waals surface area contributed by atoms with Gasteiger partial charge in [-0.1, -0.05) is 54.6 Å². The number of amides is 1. The molecule has 4 rings (SSSR count). The molecule has 1 saturated heterocycles. The maximum atomic E-state index is 12.7. The number of hydrogen-bond acceptors (Lipinski definition) is 2. The highest BCUT2D eigenvalue weighted by Crippen LogP contribution is 2.43. The monoisotopic (exact) mass is 291 g/mol. The van der Waals surface area contributed by atoms with E-state index >= 15 is 0 Å². The van der Waals surface area contributed by atoms with Crippen molar-refractivity contribution in [2.75, 3.05) is 13.2 Å². The Bertz CT molecular complexity index is 738. The number of nitrogens with zero attached hydrogens (tertiary/aromatic N) is 1. The van der Waals surface area contributed by atoms with Crippen LogP contribution in [0.1, 0.15) is 27.9 Å². The largest absolute Gasteiger partial charge is 0.347 e. The fourth-order valence-corrected chi connectivity index (χ4v) is 3.30. The van der Waals surface area contributed by atoms with E-state index in [1.165, 1.54) is 0 Å². The molecule has 2 aliphatic heterocycles. The lowest BCUT2D eigenvalue weighted by Gasteiger charge is -2.40. The molecule has 1 atom stereocenters. The smallest absolute Gasteiger partial charge is 0.257 e. The van der Waals surface area contributed by atoms with E-state index in [2.05, 4.69) is 0 Å². The molecule has 0 saturated carbocycles. The number of ether oxygens (including phenoxy) is 1. The molecule has 0 bridgehead atoms. The van der Waals surface area contributed by atoms with E-state index in [0.717, 1.165) is 29.7 Å². The van der Waals surface area contributed by atoms with Crippen molar-refractivity contribution < 1.29 is 9.53 Å². The minimum absolute atomic E-state index is 0.0630. The fourth-order valence-electron chi connectivity index (χ4n) is 3.30. The molecular weight excluding hydrogens is 274 g/mol. The first kappa shape index (κ1) is 13.3. The third kappa shape index (κ3) is 1.90. The molecular formula is C19H17NO2. The Kier molecular flexibility index (Phi) is 3.09. The minimum atomic E-state index is -0.748. The van der Waals surface area contributed by atoms with Gasteiger partial charge in [0.15, 0.2) is 5.72 Å². The zero-order valence-corrected chi connectivity index (χ0v) is 12.2. The summed E-state index contributed by atoms with van der Waals surface area (Å²) in [5.41, 5.74) is 2.05. The topological polar surface area (TPSA) is 29.5 Å². The molecule has 22 heavy (non-hydrogen) atoms. The van der Waals surface area contributed by atoms with Gasteiger partial charge in [-0.05, 0) is 24.1 Å². The first-order valence-corrected chi connectivity index (χ1v) is 7.61. The summed E-state index contributed by atoms with van der Waals surface area (Å²) in [6.45, 7) is 1.39. The van der Waals surface area contributed by atoms with Crippen molar-refractivity contribution in [1.29, 1.82) is 0 Å². The van der Waals surface area contributed by atoms with Gasteiger partial charge >= 0.3 is 0 Å². The average molecular weight is 291 g/mol. The molecule has 2 heterocycles. The average Bonchev–Trinajstić information content (AvgIpc) is 2.85. The van der Waals surface area contributed by atoms with Gasteiger partial charge in [-0.3, -0.25) is 4.79 Å². The second kappa shape index (κ2) is 5.11. The Morgan fingerprint density at radius 1 is 1.05 bits per heavy atom. The van der Waals surface area contributed by atoms with E-state index in [9.17, 15) is 4.79 Å². The Balaban J connectivity index is 1.82. The van der Waals surface area contributed by atoms with Crippen LogP contribution in [0.2, 0.25) is 0 Å². The number of carbonyl (C=O) groups is 1. The summed E-state index contributed by atoms with van der Waals surface area (Å²) in [5, 5.41) is 0. The molecule has 0 spiro atoms. The van der Waals surface area contributed by atoms with E-state index in [1.807, 2.05) is 71.6 Å². The van der Waals surface area contributed by atoms with Crippen LogP contribution < -0.4 is 0 Å². The van der Waals surface area contributed by atoms with Crippen molar-refractivity contribution in [2.45, 2.75) is 12.1 Å². The summed E-state index contributed by atoms with van der Waals surface area (Å²) in [5.74, 6) is 0.0630. The summed E-state index contributed by atoms with van der Waals surface area (Å²) in [7, 11) is 0. The SMILES string of the molecule is O=C1c2ccccc2[C@@]2(/C=C/c3ccccc3)OCCCN12. The van der Waals surface area contributed by atoms with Crippen molar-refractivity contribution in [1.82, 2.24) is 4.90 Å². The van der Waals surface area contributed by atoms with E-state index in [-0.39, 0.29) is 5.91 Å². The number of benzene rings is 2. The standard InChI is InChI=1S/C19H17NO2/c21-18-16-9-4-5-10-17(16)19(20(18)13-6-14-22-19)12-11-15-7-2-1-3-8-15/h1-5,7-12H,6,13-14H2/b12-11+/t19-/m1/s1. The summed E-state index contributed by atoms with van der Waals surface area (Å²) < 4.78 is 6.13. The van der Waals surface area contributed by atoms with Crippen LogP contribution in [0.15, 0.2) is 60.7 Å². The van der Waals surface area contributed by atoms with Crippen LogP contribution >= 0.6 is 0 Å². The number of fused-ring (bicyclic) bond motifs is 3. The Morgan fingerprint density at radius 2 is 1.82 bits per heavy atom. The van der Waals surface area contributed by atoms with Crippen molar-refractivity contribution in [2.24, 2.45) is 0 Å². The van der Waals surface area contributed by atoms with Gasteiger partial charge in [0, 0.05) is 17.7 Å². The Hall–Kier alpha value is -2.39. The molecule has 1 amide bonds. The van der Waals surface area contributed by atoms with E-state index in [4.69, 9.17) is 4.74 Å². The molecule has 0 N–H and O–H groups in total. The third-order valence-corrected chi connectivity index (χ3v) is 4.34. The van der Waals surface area contributed by atoms with Crippen molar-refractivity contribution in [3.05, 3.63) is 77.4 Å². The Labute approximate surface area is 129 Å². The molecule has 0 unspecified atom stereocenters. The summed E-state index contributed by atoms with van der Waals surface area (Å²) in [4.78, 5) is 14.5. The lowest BCUT2D eigenvalue weighted by Crippen LogP contribution is -2.48. The molecule has 2 aliphatic rings. The second-order valence-electron chi connectivity index (χ2n) is 5.64. The first-order valence-electron chi connectivity index (χ1n) is 7.61. The summed E-state index contributed by atoms with van der Waals surface area (Å²) in [6.07, 6.45) is 4.93. The number of hydrogen-bond donors (Lipinski definition) is 0. The maximum Gasteiger partial charge on any atom is 0.257 e. The molecule has 0 radical (unpaired) electrons.